The molecule has 2 aliphatic rings. The first-order chi connectivity index (χ1) is 15.7. The first-order valence-corrected chi connectivity index (χ1v) is 11.3. The molecule has 1 unspecified atom stereocenters. The fourth-order valence-electron chi connectivity index (χ4n) is 5.02. The summed E-state index contributed by atoms with van der Waals surface area (Å²) in [4.78, 5) is 38.2. The van der Waals surface area contributed by atoms with Crippen LogP contribution in [0.5, 0.6) is 0 Å². The molecular formula is C26H30N2O5. The lowest BCUT2D eigenvalue weighted by molar-refractivity contribution is -0.144. The van der Waals surface area contributed by atoms with Crippen molar-refractivity contribution in [1.82, 2.24) is 10.2 Å². The van der Waals surface area contributed by atoms with Crippen LogP contribution in [0, 0.1) is 11.3 Å². The summed E-state index contributed by atoms with van der Waals surface area (Å²) in [5.74, 6) is -1.68. The molecule has 1 aliphatic carbocycles. The van der Waals surface area contributed by atoms with Crippen molar-refractivity contribution in [1.29, 1.82) is 0 Å². The monoisotopic (exact) mass is 450 g/mol. The van der Waals surface area contributed by atoms with Gasteiger partial charge in [-0.25, -0.2) is 4.79 Å². The van der Waals surface area contributed by atoms with E-state index in [1.165, 1.54) is 0 Å². The van der Waals surface area contributed by atoms with Gasteiger partial charge >= 0.3 is 12.1 Å². The molecule has 2 amide bonds. The van der Waals surface area contributed by atoms with Crippen LogP contribution in [0.2, 0.25) is 0 Å². The van der Waals surface area contributed by atoms with Crippen LogP contribution in [0.25, 0.3) is 11.1 Å². The lowest BCUT2D eigenvalue weighted by Gasteiger charge is -2.23. The number of carbonyl (C=O) groups is 3. The summed E-state index contributed by atoms with van der Waals surface area (Å²) in [6, 6.07) is 15.8. The van der Waals surface area contributed by atoms with Gasteiger partial charge in [0.05, 0.1) is 5.92 Å². The van der Waals surface area contributed by atoms with Crippen LogP contribution in [-0.4, -0.2) is 53.7 Å². The van der Waals surface area contributed by atoms with Gasteiger partial charge in [0.15, 0.2) is 0 Å². The third-order valence-electron chi connectivity index (χ3n) is 6.78. The molecule has 0 bridgehead atoms. The molecule has 2 atom stereocenters. The summed E-state index contributed by atoms with van der Waals surface area (Å²) in [6.45, 7) is 6.25. The van der Waals surface area contributed by atoms with E-state index in [9.17, 15) is 19.5 Å². The summed E-state index contributed by atoms with van der Waals surface area (Å²) >= 11 is 0. The number of hydrogen-bond donors (Lipinski definition) is 2. The first kappa shape index (κ1) is 22.8. The third-order valence-corrected chi connectivity index (χ3v) is 6.78. The second-order valence-electron chi connectivity index (χ2n) is 9.73. The number of nitrogens with one attached hydrogen (secondary N) is 1. The Kier molecular flexibility index (Phi) is 6.15. The lowest BCUT2D eigenvalue weighted by atomic mass is 9.82. The van der Waals surface area contributed by atoms with E-state index in [2.05, 4.69) is 29.6 Å². The standard InChI is InChI=1S/C26H30N2O5/c1-16(12-23(29)28-13-22(24(30)31)26(2,3)15-28)27-25(32)33-14-21-19-10-6-4-8-17(19)18-9-5-7-11-20(18)21/h4-11,16,21-22H,12-15H2,1-3H3,(H,27,32)(H,30,31)/t16-,22?/m0/s1. The Morgan fingerprint density at radius 1 is 1.09 bits per heavy atom. The number of nitrogens with zero attached hydrogens (tertiary/aromatic N) is 1. The number of carbonyl (C=O) groups excluding carboxylic acids is 2. The SMILES string of the molecule is C[C@@H](CC(=O)N1CC(C(=O)O)C(C)(C)C1)NC(=O)OCC1c2ccccc2-c2ccccc21. The van der Waals surface area contributed by atoms with Crippen molar-refractivity contribution in [3.63, 3.8) is 0 Å². The summed E-state index contributed by atoms with van der Waals surface area (Å²) < 4.78 is 5.55. The Morgan fingerprint density at radius 2 is 1.67 bits per heavy atom. The van der Waals surface area contributed by atoms with Crippen molar-refractivity contribution < 1.29 is 24.2 Å². The summed E-state index contributed by atoms with van der Waals surface area (Å²) in [7, 11) is 0. The van der Waals surface area contributed by atoms with Gasteiger partial charge in [0, 0.05) is 31.5 Å². The molecule has 2 aromatic rings. The van der Waals surface area contributed by atoms with E-state index >= 15 is 0 Å². The number of alkyl carbamates (subject to hydrolysis) is 1. The summed E-state index contributed by atoms with van der Waals surface area (Å²) in [6.07, 6.45) is -0.477. The van der Waals surface area contributed by atoms with Crippen molar-refractivity contribution in [3.05, 3.63) is 59.7 Å². The minimum Gasteiger partial charge on any atom is -0.481 e. The average molecular weight is 451 g/mol. The van der Waals surface area contributed by atoms with E-state index in [1.807, 2.05) is 38.1 Å². The van der Waals surface area contributed by atoms with Crippen LogP contribution < -0.4 is 5.32 Å². The van der Waals surface area contributed by atoms with E-state index in [0.29, 0.717) is 6.54 Å². The maximum atomic E-state index is 12.7. The van der Waals surface area contributed by atoms with E-state index in [4.69, 9.17) is 4.74 Å². The molecule has 7 nitrogen and oxygen atoms in total. The molecule has 0 radical (unpaired) electrons. The zero-order chi connectivity index (χ0) is 23.8. The molecule has 33 heavy (non-hydrogen) atoms. The maximum absolute atomic E-state index is 12.7. The highest BCUT2D eigenvalue weighted by Crippen LogP contribution is 2.44. The Labute approximate surface area is 193 Å². The number of likely N-dealkylation sites (tertiary alicyclic amines) is 1. The van der Waals surface area contributed by atoms with Gasteiger partial charge in [-0.1, -0.05) is 62.4 Å². The van der Waals surface area contributed by atoms with E-state index in [0.717, 1.165) is 22.3 Å². The molecule has 7 heteroatoms. The molecule has 1 heterocycles. The molecule has 0 spiro atoms. The fraction of sp³-hybridized carbons (Fsp3) is 0.423. The molecular weight excluding hydrogens is 420 g/mol. The predicted molar refractivity (Wildman–Crippen MR) is 124 cm³/mol. The van der Waals surface area contributed by atoms with Crippen molar-refractivity contribution in [2.24, 2.45) is 11.3 Å². The number of fused-ring (bicyclic) bond motifs is 3. The number of benzene rings is 2. The summed E-state index contributed by atoms with van der Waals surface area (Å²) in [5.41, 5.74) is 4.12. The van der Waals surface area contributed by atoms with Crippen molar-refractivity contribution in [2.75, 3.05) is 19.7 Å². The quantitative estimate of drug-likeness (QED) is 0.697. The molecule has 4 rings (SSSR count). The number of ether oxygens (including phenoxy) is 1. The third kappa shape index (κ3) is 4.58. The Hall–Kier alpha value is -3.35. The highest BCUT2D eigenvalue weighted by Gasteiger charge is 2.45. The summed E-state index contributed by atoms with van der Waals surface area (Å²) in [5, 5.41) is 12.1. The predicted octanol–water partition coefficient (Wildman–Crippen LogP) is 3.87. The van der Waals surface area contributed by atoms with Crippen LogP contribution in [0.15, 0.2) is 48.5 Å². The van der Waals surface area contributed by atoms with Gasteiger partial charge in [-0.3, -0.25) is 9.59 Å². The largest absolute Gasteiger partial charge is 0.481 e. The van der Waals surface area contributed by atoms with E-state index in [1.54, 1.807) is 11.8 Å². The second kappa shape index (κ2) is 8.89. The number of amides is 2. The molecule has 1 saturated heterocycles. The topological polar surface area (TPSA) is 95.9 Å². The first-order valence-electron chi connectivity index (χ1n) is 11.3. The Balaban J connectivity index is 1.31. The average Bonchev–Trinajstić information content (AvgIpc) is 3.26. The van der Waals surface area contributed by atoms with Gasteiger partial charge in [0.1, 0.15) is 6.61 Å². The molecule has 1 aliphatic heterocycles. The van der Waals surface area contributed by atoms with Gasteiger partial charge in [0.25, 0.3) is 0 Å². The van der Waals surface area contributed by atoms with Crippen molar-refractivity contribution >= 4 is 18.0 Å². The highest BCUT2D eigenvalue weighted by atomic mass is 16.5. The van der Waals surface area contributed by atoms with Crippen LogP contribution in [0.4, 0.5) is 4.79 Å². The zero-order valence-electron chi connectivity index (χ0n) is 19.2. The van der Waals surface area contributed by atoms with Gasteiger partial charge in [-0.2, -0.15) is 0 Å². The molecule has 2 N–H and O–H groups in total. The molecule has 0 aromatic heterocycles. The van der Waals surface area contributed by atoms with Gasteiger partial charge in [-0.15, -0.1) is 0 Å². The minimum atomic E-state index is -0.889. The number of rotatable bonds is 6. The van der Waals surface area contributed by atoms with Crippen molar-refractivity contribution in [2.45, 2.75) is 39.2 Å². The second-order valence-corrected chi connectivity index (χ2v) is 9.73. The fourth-order valence-corrected chi connectivity index (χ4v) is 5.02. The van der Waals surface area contributed by atoms with E-state index in [-0.39, 0.29) is 31.4 Å². The molecule has 2 aromatic carbocycles. The lowest BCUT2D eigenvalue weighted by Crippen LogP contribution is -2.39. The number of carboxylic acids is 1. The number of hydrogen-bond acceptors (Lipinski definition) is 4. The van der Waals surface area contributed by atoms with Crippen LogP contribution in [0.1, 0.15) is 44.2 Å². The maximum Gasteiger partial charge on any atom is 0.407 e. The highest BCUT2D eigenvalue weighted by molar-refractivity contribution is 5.81. The van der Waals surface area contributed by atoms with Gasteiger partial charge in [0.2, 0.25) is 5.91 Å². The minimum absolute atomic E-state index is 0.0279. The van der Waals surface area contributed by atoms with Crippen LogP contribution in [0.3, 0.4) is 0 Å². The smallest absolute Gasteiger partial charge is 0.407 e. The molecule has 174 valence electrons. The normalized spacial score (nSPS) is 19.5. The Bertz CT molecular complexity index is 1030. The van der Waals surface area contributed by atoms with Crippen molar-refractivity contribution in [3.8, 4) is 11.1 Å². The molecule has 1 fully saturated rings. The number of aliphatic carboxylic acids is 1. The Morgan fingerprint density at radius 3 is 2.21 bits per heavy atom. The van der Waals surface area contributed by atoms with Crippen LogP contribution in [-0.2, 0) is 14.3 Å². The van der Waals surface area contributed by atoms with Gasteiger partial charge < -0.3 is 20.1 Å². The van der Waals surface area contributed by atoms with E-state index < -0.39 is 29.4 Å². The molecule has 0 saturated carbocycles. The number of carboxylic acid groups (broad SMARTS) is 1. The van der Waals surface area contributed by atoms with Crippen LogP contribution >= 0.6 is 0 Å². The van der Waals surface area contributed by atoms with Gasteiger partial charge in [-0.05, 0) is 34.6 Å². The zero-order valence-corrected chi connectivity index (χ0v) is 19.2.